The van der Waals surface area contributed by atoms with E-state index in [2.05, 4.69) is 33.1 Å². The van der Waals surface area contributed by atoms with Crippen LogP contribution in [0.3, 0.4) is 0 Å². The van der Waals surface area contributed by atoms with Gasteiger partial charge in [0.2, 0.25) is 0 Å². The highest BCUT2D eigenvalue weighted by molar-refractivity contribution is 6.00. The molecular formula is C28H25N3O4. The number of carbonyl (C=O) groups is 1. The van der Waals surface area contributed by atoms with Gasteiger partial charge in [-0.1, -0.05) is 24.3 Å². The summed E-state index contributed by atoms with van der Waals surface area (Å²) < 4.78 is 13.7. The minimum atomic E-state index is -1.06. The quantitative estimate of drug-likeness (QED) is 0.335. The third-order valence-electron chi connectivity index (χ3n) is 6.49. The topological polar surface area (TPSA) is 88.5 Å². The van der Waals surface area contributed by atoms with Gasteiger partial charge in [-0.15, -0.1) is 0 Å². The number of aromatic amines is 1. The van der Waals surface area contributed by atoms with Gasteiger partial charge in [-0.3, -0.25) is 4.79 Å². The van der Waals surface area contributed by atoms with Crippen molar-refractivity contribution in [1.82, 2.24) is 14.9 Å². The SMILES string of the molecule is Cn1ccc2cc(-c3cc4c(c(C(=O)N[C@H](O)Cc5c[nH]c6ccccc56)c3)OCCO4)ccc21. The molecule has 3 N–H and O–H groups in total. The summed E-state index contributed by atoms with van der Waals surface area (Å²) in [5.74, 6) is 0.512. The number of ether oxygens (including phenoxy) is 2. The number of nitrogens with one attached hydrogen (secondary N) is 2. The molecular weight excluding hydrogens is 442 g/mol. The number of nitrogens with zero attached hydrogens (tertiary/aromatic N) is 1. The van der Waals surface area contributed by atoms with Crippen molar-refractivity contribution >= 4 is 27.7 Å². The van der Waals surface area contributed by atoms with Gasteiger partial charge >= 0.3 is 0 Å². The Hall–Kier alpha value is -4.23. The van der Waals surface area contributed by atoms with E-state index in [9.17, 15) is 9.90 Å². The number of rotatable bonds is 5. The van der Waals surface area contributed by atoms with Crippen LogP contribution in [0, 0.1) is 0 Å². The molecule has 0 spiro atoms. The Morgan fingerprint density at radius 2 is 1.94 bits per heavy atom. The molecule has 2 aromatic heterocycles. The lowest BCUT2D eigenvalue weighted by Gasteiger charge is -2.23. The second-order valence-electron chi connectivity index (χ2n) is 8.80. The highest BCUT2D eigenvalue weighted by atomic mass is 16.6. The minimum Gasteiger partial charge on any atom is -0.486 e. The molecule has 1 atom stereocenters. The van der Waals surface area contributed by atoms with Crippen molar-refractivity contribution in [3.05, 3.63) is 84.2 Å². The summed E-state index contributed by atoms with van der Waals surface area (Å²) in [7, 11) is 2.01. The van der Waals surface area contributed by atoms with Crippen LogP contribution in [0.1, 0.15) is 15.9 Å². The molecule has 7 nitrogen and oxygen atoms in total. The average molecular weight is 468 g/mol. The van der Waals surface area contributed by atoms with Crippen LogP contribution in [0.5, 0.6) is 11.5 Å². The standard InChI is InChI=1S/C28H25N3O4/c1-31-9-8-18-12-17(6-7-24(18)31)19-13-22(27-25(14-19)34-10-11-35-27)28(33)30-26(32)15-20-16-29-23-5-3-2-4-21(20)23/h2-9,12-14,16,26,29,32H,10-11,15H2,1H3,(H,30,33)/t26-/m1/s1. The molecule has 0 saturated heterocycles. The lowest BCUT2D eigenvalue weighted by Crippen LogP contribution is -2.36. The molecule has 0 radical (unpaired) electrons. The number of benzene rings is 3. The van der Waals surface area contributed by atoms with Gasteiger partial charge in [-0.05, 0) is 53.1 Å². The molecule has 6 rings (SSSR count). The minimum absolute atomic E-state index is 0.277. The molecule has 0 unspecified atom stereocenters. The number of aliphatic hydroxyl groups is 1. The Labute approximate surface area is 201 Å². The van der Waals surface area contributed by atoms with Gasteiger partial charge in [-0.2, -0.15) is 0 Å². The molecule has 0 fully saturated rings. The highest BCUT2D eigenvalue weighted by Crippen LogP contribution is 2.39. The van der Waals surface area contributed by atoms with Gasteiger partial charge in [-0.25, -0.2) is 0 Å². The Kier molecular flexibility index (Phi) is 5.19. The van der Waals surface area contributed by atoms with Crippen LogP contribution in [-0.4, -0.2) is 40.0 Å². The van der Waals surface area contributed by atoms with E-state index >= 15 is 0 Å². The van der Waals surface area contributed by atoms with Gasteiger partial charge in [0.05, 0.1) is 5.56 Å². The first-order valence-corrected chi connectivity index (χ1v) is 11.6. The zero-order valence-corrected chi connectivity index (χ0v) is 19.2. The van der Waals surface area contributed by atoms with E-state index in [0.717, 1.165) is 38.5 Å². The maximum absolute atomic E-state index is 13.3. The van der Waals surface area contributed by atoms with Crippen molar-refractivity contribution in [1.29, 1.82) is 0 Å². The second-order valence-corrected chi connectivity index (χ2v) is 8.80. The van der Waals surface area contributed by atoms with Crippen molar-refractivity contribution in [2.45, 2.75) is 12.6 Å². The van der Waals surface area contributed by atoms with Gasteiger partial charge < -0.3 is 29.4 Å². The van der Waals surface area contributed by atoms with Crippen LogP contribution in [0.2, 0.25) is 0 Å². The maximum Gasteiger partial charge on any atom is 0.257 e. The number of hydrogen-bond acceptors (Lipinski definition) is 4. The highest BCUT2D eigenvalue weighted by Gasteiger charge is 2.24. The maximum atomic E-state index is 13.3. The molecule has 0 saturated carbocycles. The summed E-state index contributed by atoms with van der Waals surface area (Å²) >= 11 is 0. The normalized spacial score (nSPS) is 13.8. The van der Waals surface area contributed by atoms with Crippen LogP contribution < -0.4 is 14.8 Å². The van der Waals surface area contributed by atoms with Crippen molar-refractivity contribution < 1.29 is 19.4 Å². The number of aliphatic hydroxyl groups excluding tert-OH is 1. The molecule has 5 aromatic rings. The Balaban J connectivity index is 1.31. The van der Waals surface area contributed by atoms with Crippen LogP contribution in [-0.2, 0) is 13.5 Å². The van der Waals surface area contributed by atoms with Crippen molar-refractivity contribution in [2.75, 3.05) is 13.2 Å². The van der Waals surface area contributed by atoms with Crippen molar-refractivity contribution in [2.24, 2.45) is 7.05 Å². The number of hydrogen-bond donors (Lipinski definition) is 3. The summed E-state index contributed by atoms with van der Waals surface area (Å²) in [5.41, 5.74) is 5.20. The summed E-state index contributed by atoms with van der Waals surface area (Å²) in [6, 6.07) is 19.8. The fraction of sp³-hybridized carbons (Fsp3) is 0.179. The smallest absolute Gasteiger partial charge is 0.257 e. The largest absolute Gasteiger partial charge is 0.486 e. The molecule has 1 aliphatic rings. The van der Waals surface area contributed by atoms with Gasteiger partial charge in [0.15, 0.2) is 11.5 Å². The Morgan fingerprint density at radius 1 is 1.09 bits per heavy atom. The summed E-state index contributed by atoms with van der Waals surface area (Å²) in [6.07, 6.45) is 3.09. The molecule has 0 aliphatic carbocycles. The zero-order chi connectivity index (χ0) is 23.9. The van der Waals surface area contributed by atoms with Gasteiger partial charge in [0.1, 0.15) is 19.4 Å². The number of amides is 1. The monoisotopic (exact) mass is 467 g/mol. The van der Waals surface area contributed by atoms with Crippen molar-refractivity contribution in [3.63, 3.8) is 0 Å². The predicted molar refractivity (Wildman–Crippen MR) is 135 cm³/mol. The van der Waals surface area contributed by atoms with Crippen molar-refractivity contribution in [3.8, 4) is 22.6 Å². The van der Waals surface area contributed by atoms with E-state index in [1.54, 1.807) is 6.07 Å². The number of para-hydroxylation sites is 1. The fourth-order valence-corrected chi connectivity index (χ4v) is 4.74. The Bertz CT molecular complexity index is 1570. The number of aryl methyl sites for hydroxylation is 1. The number of carbonyl (C=O) groups excluding carboxylic acids is 1. The second kappa shape index (κ2) is 8.52. The van der Waals surface area contributed by atoms with Gasteiger partial charge in [0, 0.05) is 47.7 Å². The van der Waals surface area contributed by atoms with Gasteiger partial charge in [0.25, 0.3) is 5.91 Å². The first-order chi connectivity index (χ1) is 17.1. The molecule has 3 heterocycles. The fourth-order valence-electron chi connectivity index (χ4n) is 4.74. The predicted octanol–water partition coefficient (Wildman–Crippen LogP) is 4.39. The lowest BCUT2D eigenvalue weighted by molar-refractivity contribution is 0.0777. The van der Waals surface area contributed by atoms with E-state index < -0.39 is 12.1 Å². The number of fused-ring (bicyclic) bond motifs is 3. The molecule has 0 bridgehead atoms. The molecule has 7 heteroatoms. The molecule has 35 heavy (non-hydrogen) atoms. The molecule has 1 aliphatic heterocycles. The number of H-pyrrole nitrogens is 1. The van der Waals surface area contributed by atoms with Crippen LogP contribution in [0.4, 0.5) is 0 Å². The van der Waals surface area contributed by atoms with Crippen LogP contribution in [0.25, 0.3) is 32.9 Å². The van der Waals surface area contributed by atoms with Crippen LogP contribution in [0.15, 0.2) is 73.1 Å². The van der Waals surface area contributed by atoms with Crippen LogP contribution >= 0.6 is 0 Å². The molecule has 1 amide bonds. The third-order valence-corrected chi connectivity index (χ3v) is 6.49. The number of aromatic nitrogens is 2. The summed E-state index contributed by atoms with van der Waals surface area (Å²) in [6.45, 7) is 0.777. The van der Waals surface area contributed by atoms with E-state index in [1.165, 1.54) is 0 Å². The van der Waals surface area contributed by atoms with E-state index in [4.69, 9.17) is 9.47 Å². The Morgan fingerprint density at radius 3 is 2.86 bits per heavy atom. The lowest BCUT2D eigenvalue weighted by atomic mass is 9.99. The zero-order valence-electron chi connectivity index (χ0n) is 19.2. The first kappa shape index (κ1) is 21.3. The summed E-state index contributed by atoms with van der Waals surface area (Å²) in [5, 5.41) is 15.6. The summed E-state index contributed by atoms with van der Waals surface area (Å²) in [4.78, 5) is 16.5. The van der Waals surface area contributed by atoms with E-state index in [1.807, 2.05) is 55.8 Å². The van der Waals surface area contributed by atoms with E-state index in [-0.39, 0.29) is 6.42 Å². The first-order valence-electron chi connectivity index (χ1n) is 11.6. The molecule has 3 aromatic carbocycles. The third kappa shape index (κ3) is 3.90. The van der Waals surface area contributed by atoms with E-state index in [0.29, 0.717) is 30.3 Å². The molecule has 176 valence electrons. The average Bonchev–Trinajstić information content (AvgIpc) is 3.46.